The van der Waals surface area contributed by atoms with Crippen LogP contribution in [0.25, 0.3) is 11.5 Å². The van der Waals surface area contributed by atoms with Crippen LogP contribution in [-0.4, -0.2) is 46.2 Å². The van der Waals surface area contributed by atoms with Gasteiger partial charge in [0.1, 0.15) is 0 Å². The Morgan fingerprint density at radius 3 is 2.52 bits per heavy atom. The lowest BCUT2D eigenvalue weighted by molar-refractivity contribution is 0.0876. The first-order valence-corrected chi connectivity index (χ1v) is 9.66. The molecule has 1 saturated heterocycles. The molecular formula is C21H23ClN4O. The molecule has 2 aromatic carbocycles. The summed E-state index contributed by atoms with van der Waals surface area (Å²) in [6.45, 7) is 7.04. The molecule has 4 rings (SSSR count). The van der Waals surface area contributed by atoms with Gasteiger partial charge in [-0.3, -0.25) is 9.80 Å². The van der Waals surface area contributed by atoms with Gasteiger partial charge in [0, 0.05) is 43.3 Å². The number of nitrogens with zero attached hydrogens (tertiary/aromatic N) is 4. The average molecular weight is 383 g/mol. The number of piperazine rings is 1. The summed E-state index contributed by atoms with van der Waals surface area (Å²) in [5.74, 6) is 1.26. The van der Waals surface area contributed by atoms with Crippen LogP contribution in [0.2, 0.25) is 5.02 Å². The number of benzene rings is 2. The Balaban J connectivity index is 1.35. The second-order valence-electron chi connectivity index (χ2n) is 6.93. The third-order valence-electron chi connectivity index (χ3n) is 5.07. The first kappa shape index (κ1) is 18.2. The summed E-state index contributed by atoms with van der Waals surface area (Å²) in [6, 6.07) is 18.1. The number of hydrogen-bond acceptors (Lipinski definition) is 5. The maximum atomic E-state index is 6.09. The Morgan fingerprint density at radius 2 is 1.78 bits per heavy atom. The summed E-state index contributed by atoms with van der Waals surface area (Å²) in [5, 5.41) is 9.29. The van der Waals surface area contributed by atoms with Gasteiger partial charge in [0.25, 0.3) is 0 Å². The van der Waals surface area contributed by atoms with E-state index in [1.807, 2.05) is 48.5 Å². The molecule has 5 nitrogen and oxygen atoms in total. The molecule has 1 fully saturated rings. The second-order valence-corrected chi connectivity index (χ2v) is 7.37. The third-order valence-corrected chi connectivity index (χ3v) is 5.30. The van der Waals surface area contributed by atoms with Crippen molar-refractivity contribution in [1.82, 2.24) is 20.0 Å². The minimum absolute atomic E-state index is 0.114. The monoisotopic (exact) mass is 382 g/mol. The van der Waals surface area contributed by atoms with Crippen molar-refractivity contribution in [3.8, 4) is 11.5 Å². The van der Waals surface area contributed by atoms with Crippen molar-refractivity contribution < 1.29 is 4.42 Å². The van der Waals surface area contributed by atoms with E-state index in [0.29, 0.717) is 11.8 Å². The number of aromatic nitrogens is 2. The van der Waals surface area contributed by atoms with Gasteiger partial charge in [-0.2, -0.15) is 0 Å². The van der Waals surface area contributed by atoms with Gasteiger partial charge < -0.3 is 4.42 Å². The molecule has 6 heteroatoms. The van der Waals surface area contributed by atoms with E-state index in [1.54, 1.807) is 0 Å². The molecule has 1 aliphatic rings. The van der Waals surface area contributed by atoms with Gasteiger partial charge in [0.15, 0.2) is 0 Å². The predicted octanol–water partition coefficient (Wildman–Crippen LogP) is 4.27. The summed E-state index contributed by atoms with van der Waals surface area (Å²) in [7, 11) is 0. The Labute approximate surface area is 164 Å². The summed E-state index contributed by atoms with van der Waals surface area (Å²) in [5.41, 5.74) is 2.21. The van der Waals surface area contributed by atoms with Gasteiger partial charge in [-0.05, 0) is 36.8 Å². The molecule has 0 aliphatic carbocycles. The molecule has 0 unspecified atom stereocenters. The largest absolute Gasteiger partial charge is 0.419 e. The number of halogens is 1. The highest BCUT2D eigenvalue weighted by molar-refractivity contribution is 6.30. The fourth-order valence-electron chi connectivity index (χ4n) is 3.46. The van der Waals surface area contributed by atoms with E-state index in [4.69, 9.17) is 16.0 Å². The van der Waals surface area contributed by atoms with E-state index < -0.39 is 0 Å². The first-order valence-electron chi connectivity index (χ1n) is 9.29. The predicted molar refractivity (Wildman–Crippen MR) is 106 cm³/mol. The van der Waals surface area contributed by atoms with Crippen LogP contribution in [0.5, 0.6) is 0 Å². The van der Waals surface area contributed by atoms with E-state index >= 15 is 0 Å². The lowest BCUT2D eigenvalue weighted by Crippen LogP contribution is -2.46. The number of rotatable bonds is 5. The van der Waals surface area contributed by atoms with Gasteiger partial charge in [0.05, 0.1) is 6.04 Å². The zero-order valence-electron chi connectivity index (χ0n) is 15.4. The molecule has 0 saturated carbocycles. The molecule has 140 valence electrons. The van der Waals surface area contributed by atoms with Crippen LogP contribution in [-0.2, 0) is 6.54 Å². The molecule has 3 aromatic rings. The lowest BCUT2D eigenvalue weighted by atomic mass is 10.2. The molecule has 27 heavy (non-hydrogen) atoms. The van der Waals surface area contributed by atoms with Gasteiger partial charge in [-0.15, -0.1) is 10.2 Å². The van der Waals surface area contributed by atoms with Crippen LogP contribution >= 0.6 is 11.6 Å². The fraction of sp³-hybridized carbons (Fsp3) is 0.333. The minimum atomic E-state index is 0.114. The van der Waals surface area contributed by atoms with E-state index in [1.165, 1.54) is 5.56 Å². The normalized spacial score (nSPS) is 17.1. The Kier molecular flexibility index (Phi) is 5.53. The standard InChI is InChI=1S/C21H23ClN4O/c1-16(20-23-24-21(27-20)18-7-3-2-4-8-18)26-12-10-25(11-13-26)15-17-6-5-9-19(22)14-17/h2-9,14,16H,10-13,15H2,1H3/t16-/m1/s1. The van der Waals surface area contributed by atoms with Crippen molar-refractivity contribution in [2.75, 3.05) is 26.2 Å². The van der Waals surface area contributed by atoms with Crippen molar-refractivity contribution in [1.29, 1.82) is 0 Å². The number of hydrogen-bond donors (Lipinski definition) is 0. The van der Waals surface area contributed by atoms with E-state index in [0.717, 1.165) is 43.3 Å². The van der Waals surface area contributed by atoms with E-state index in [9.17, 15) is 0 Å². The lowest BCUT2D eigenvalue weighted by Gasteiger charge is -2.36. The highest BCUT2D eigenvalue weighted by Crippen LogP contribution is 2.25. The highest BCUT2D eigenvalue weighted by atomic mass is 35.5. The van der Waals surface area contributed by atoms with Crippen molar-refractivity contribution in [2.24, 2.45) is 0 Å². The van der Waals surface area contributed by atoms with E-state index in [2.05, 4.69) is 33.0 Å². The quantitative estimate of drug-likeness (QED) is 0.659. The highest BCUT2D eigenvalue weighted by Gasteiger charge is 2.25. The van der Waals surface area contributed by atoms with Crippen molar-refractivity contribution >= 4 is 11.6 Å². The average Bonchev–Trinajstić information content (AvgIpc) is 3.19. The minimum Gasteiger partial charge on any atom is -0.419 e. The van der Waals surface area contributed by atoms with Crippen molar-refractivity contribution in [3.05, 3.63) is 71.1 Å². The third kappa shape index (κ3) is 4.38. The smallest absolute Gasteiger partial charge is 0.247 e. The molecule has 0 N–H and O–H groups in total. The van der Waals surface area contributed by atoms with Gasteiger partial charge in [0.2, 0.25) is 11.8 Å². The Bertz CT molecular complexity index is 875. The van der Waals surface area contributed by atoms with Crippen LogP contribution < -0.4 is 0 Å². The van der Waals surface area contributed by atoms with Crippen molar-refractivity contribution in [3.63, 3.8) is 0 Å². The molecule has 2 heterocycles. The summed E-state index contributed by atoms with van der Waals surface area (Å²) in [4.78, 5) is 4.86. The summed E-state index contributed by atoms with van der Waals surface area (Å²) < 4.78 is 5.93. The molecule has 1 aromatic heterocycles. The molecule has 1 atom stereocenters. The summed E-state index contributed by atoms with van der Waals surface area (Å²) in [6.07, 6.45) is 0. The molecule has 0 bridgehead atoms. The SMILES string of the molecule is C[C@H](c1nnc(-c2ccccc2)o1)N1CCN(Cc2cccc(Cl)c2)CC1. The topological polar surface area (TPSA) is 45.4 Å². The van der Waals surface area contributed by atoms with Crippen LogP contribution in [0.3, 0.4) is 0 Å². The van der Waals surface area contributed by atoms with Crippen LogP contribution in [0.15, 0.2) is 59.0 Å². The van der Waals surface area contributed by atoms with Crippen LogP contribution in [0.4, 0.5) is 0 Å². The molecule has 0 radical (unpaired) electrons. The van der Waals surface area contributed by atoms with Crippen molar-refractivity contribution in [2.45, 2.75) is 19.5 Å². The molecule has 0 amide bonds. The van der Waals surface area contributed by atoms with Crippen LogP contribution in [0, 0.1) is 0 Å². The molecule has 0 spiro atoms. The molecule has 1 aliphatic heterocycles. The zero-order chi connectivity index (χ0) is 18.6. The summed E-state index contributed by atoms with van der Waals surface area (Å²) >= 11 is 6.09. The Hall–Kier alpha value is -2.21. The van der Waals surface area contributed by atoms with Crippen LogP contribution in [0.1, 0.15) is 24.4 Å². The van der Waals surface area contributed by atoms with Gasteiger partial charge in [-0.25, -0.2) is 0 Å². The van der Waals surface area contributed by atoms with E-state index in [-0.39, 0.29) is 6.04 Å². The maximum Gasteiger partial charge on any atom is 0.247 e. The van der Waals surface area contributed by atoms with Gasteiger partial charge in [-0.1, -0.05) is 41.9 Å². The molecular weight excluding hydrogens is 360 g/mol. The second kappa shape index (κ2) is 8.21. The van der Waals surface area contributed by atoms with Gasteiger partial charge >= 0.3 is 0 Å². The zero-order valence-corrected chi connectivity index (χ0v) is 16.1. The maximum absolute atomic E-state index is 6.09. The Morgan fingerprint density at radius 1 is 1.00 bits per heavy atom. The first-order chi connectivity index (χ1) is 13.2. The fourth-order valence-corrected chi connectivity index (χ4v) is 3.67.